The molecular weight excluding hydrogens is 427 g/mol. The maximum Gasteiger partial charge on any atom is 0.242 e. The van der Waals surface area contributed by atoms with Crippen LogP contribution in [0.25, 0.3) is 22.3 Å². The van der Waals surface area contributed by atoms with Crippen LogP contribution >= 0.6 is 0 Å². The average molecular weight is 453 g/mol. The number of pyridine rings is 1. The average Bonchev–Trinajstić information content (AvgIpc) is 3.56. The van der Waals surface area contributed by atoms with E-state index >= 15 is 0 Å². The third kappa shape index (κ3) is 3.59. The Balaban J connectivity index is 1.59. The fourth-order valence-corrected chi connectivity index (χ4v) is 5.77. The van der Waals surface area contributed by atoms with Crippen molar-refractivity contribution in [3.05, 3.63) is 47.7 Å². The van der Waals surface area contributed by atoms with Crippen molar-refractivity contribution in [1.82, 2.24) is 14.3 Å². The molecule has 0 saturated heterocycles. The van der Waals surface area contributed by atoms with E-state index in [1.165, 1.54) is 6.20 Å². The number of alkyl halides is 1. The minimum absolute atomic E-state index is 0.101. The van der Waals surface area contributed by atoms with Crippen molar-refractivity contribution in [1.29, 1.82) is 5.26 Å². The normalized spacial score (nSPS) is 17.8. The summed E-state index contributed by atoms with van der Waals surface area (Å²) in [5.74, 6) is 0.405. The third-order valence-electron chi connectivity index (χ3n) is 6.73. The van der Waals surface area contributed by atoms with Crippen LogP contribution < -0.4 is 4.72 Å². The van der Waals surface area contributed by atoms with E-state index < -0.39 is 16.7 Å². The molecule has 0 unspecified atom stereocenters. The van der Waals surface area contributed by atoms with E-state index in [-0.39, 0.29) is 17.0 Å². The Morgan fingerprint density at radius 3 is 2.59 bits per heavy atom. The van der Waals surface area contributed by atoms with Gasteiger partial charge in [-0.05, 0) is 68.7 Å². The van der Waals surface area contributed by atoms with Crippen molar-refractivity contribution in [2.75, 3.05) is 0 Å². The van der Waals surface area contributed by atoms with Gasteiger partial charge < -0.3 is 4.57 Å². The number of hydrogen-bond donors (Lipinski definition) is 1. The fraction of sp³-hybridized carbons (Fsp3) is 0.417. The molecule has 0 amide bonds. The summed E-state index contributed by atoms with van der Waals surface area (Å²) >= 11 is 0. The second-order valence-corrected chi connectivity index (χ2v) is 10.6. The molecule has 2 aliphatic carbocycles. The van der Waals surface area contributed by atoms with Gasteiger partial charge in [0.1, 0.15) is 17.6 Å². The molecule has 8 heteroatoms. The molecule has 1 aromatic carbocycles. The number of nitrogens with zero attached hydrogens (tertiary/aromatic N) is 3. The molecule has 6 nitrogen and oxygen atoms in total. The predicted molar refractivity (Wildman–Crippen MR) is 120 cm³/mol. The number of rotatable bonds is 7. The highest BCUT2D eigenvalue weighted by Crippen LogP contribution is 2.42. The lowest BCUT2D eigenvalue weighted by Gasteiger charge is -2.30. The molecule has 2 aliphatic rings. The number of benzene rings is 1. The summed E-state index contributed by atoms with van der Waals surface area (Å²) in [5, 5.41) is 10.7. The predicted octanol–water partition coefficient (Wildman–Crippen LogP) is 4.85. The van der Waals surface area contributed by atoms with Crippen LogP contribution in [0.5, 0.6) is 0 Å². The van der Waals surface area contributed by atoms with Gasteiger partial charge in [0.05, 0.1) is 22.5 Å². The topological polar surface area (TPSA) is 87.8 Å². The van der Waals surface area contributed by atoms with Crippen molar-refractivity contribution >= 4 is 20.9 Å². The van der Waals surface area contributed by atoms with Crippen molar-refractivity contribution < 1.29 is 12.8 Å². The molecule has 0 radical (unpaired) electrons. The maximum absolute atomic E-state index is 13.3. The lowest BCUT2D eigenvalue weighted by molar-refractivity contribution is 0.324. The van der Waals surface area contributed by atoms with Crippen molar-refractivity contribution in [3.63, 3.8) is 0 Å². The highest BCUT2D eigenvalue weighted by molar-refractivity contribution is 7.89. The third-order valence-corrected chi connectivity index (χ3v) is 8.28. The molecule has 0 spiro atoms. The lowest BCUT2D eigenvalue weighted by Crippen LogP contribution is -2.34. The first-order valence-corrected chi connectivity index (χ1v) is 12.5. The van der Waals surface area contributed by atoms with Crippen LogP contribution in [0.15, 0.2) is 41.4 Å². The van der Waals surface area contributed by atoms with Crippen LogP contribution in [-0.4, -0.2) is 24.0 Å². The van der Waals surface area contributed by atoms with Gasteiger partial charge in [0, 0.05) is 23.7 Å². The summed E-state index contributed by atoms with van der Waals surface area (Å²) in [7, 11) is -3.66. The van der Waals surface area contributed by atoms with Crippen LogP contribution in [0.3, 0.4) is 0 Å². The van der Waals surface area contributed by atoms with Gasteiger partial charge in [0.15, 0.2) is 0 Å². The van der Waals surface area contributed by atoms with Crippen LogP contribution in [0.2, 0.25) is 0 Å². The molecule has 2 aromatic heterocycles. The van der Waals surface area contributed by atoms with Gasteiger partial charge in [0.25, 0.3) is 0 Å². The standard InChI is InChI=1S/C24H25FN4O2S/c1-15(17-6-7-17)28-32(30,31)19-8-10-22(27-14-19)24-21(13-26)20-9-5-16(12-25)11-23(20)29(24)18-3-2-4-18/h5,8-11,14-15,17-18,28H,2-4,6-7,12H2,1H3/t15-/m0/s1. The van der Waals surface area contributed by atoms with Crippen LogP contribution in [0.4, 0.5) is 4.39 Å². The van der Waals surface area contributed by atoms with Crippen LogP contribution in [0, 0.1) is 17.2 Å². The SMILES string of the molecule is C[C@H](NS(=O)(=O)c1ccc(-c2c(C#N)c3ccc(CF)cc3n2C2CCC2)nc1)C1CC1. The zero-order chi connectivity index (χ0) is 22.5. The zero-order valence-electron chi connectivity index (χ0n) is 17.9. The van der Waals surface area contributed by atoms with Crippen molar-refractivity contribution in [2.45, 2.75) is 62.7 Å². The Morgan fingerprint density at radius 2 is 2.03 bits per heavy atom. The first kappa shape index (κ1) is 21.1. The van der Waals surface area contributed by atoms with E-state index in [2.05, 4.69) is 20.3 Å². The lowest BCUT2D eigenvalue weighted by atomic mass is 9.92. The number of halogens is 1. The van der Waals surface area contributed by atoms with Gasteiger partial charge in [-0.1, -0.05) is 12.1 Å². The van der Waals surface area contributed by atoms with E-state index in [0.29, 0.717) is 28.4 Å². The Bertz CT molecular complexity index is 1320. The molecule has 2 fully saturated rings. The quantitative estimate of drug-likeness (QED) is 0.555. The highest BCUT2D eigenvalue weighted by atomic mass is 32.2. The Morgan fingerprint density at radius 1 is 1.25 bits per heavy atom. The van der Waals surface area contributed by atoms with Gasteiger partial charge in [-0.3, -0.25) is 4.98 Å². The monoisotopic (exact) mass is 452 g/mol. The van der Waals surface area contributed by atoms with E-state index in [4.69, 9.17) is 0 Å². The van der Waals surface area contributed by atoms with Gasteiger partial charge >= 0.3 is 0 Å². The van der Waals surface area contributed by atoms with Crippen LogP contribution in [0.1, 0.15) is 56.2 Å². The zero-order valence-corrected chi connectivity index (χ0v) is 18.7. The molecule has 1 N–H and O–H groups in total. The smallest absolute Gasteiger partial charge is 0.242 e. The van der Waals surface area contributed by atoms with E-state index in [9.17, 15) is 18.1 Å². The number of fused-ring (bicyclic) bond motifs is 1. The first-order chi connectivity index (χ1) is 15.4. The van der Waals surface area contributed by atoms with Gasteiger partial charge in [-0.15, -0.1) is 0 Å². The number of nitriles is 1. The summed E-state index contributed by atoms with van der Waals surface area (Å²) in [6, 6.07) is 10.9. The Hall–Kier alpha value is -2.76. The van der Waals surface area contributed by atoms with Crippen LogP contribution in [-0.2, 0) is 16.7 Å². The summed E-state index contributed by atoms with van der Waals surface area (Å²) in [5.41, 5.74) is 3.10. The molecule has 3 aromatic rings. The Kier molecular flexibility index (Phi) is 5.26. The van der Waals surface area contributed by atoms with Gasteiger partial charge in [-0.2, -0.15) is 5.26 Å². The molecule has 0 aliphatic heterocycles. The van der Waals surface area contributed by atoms with Gasteiger partial charge in [0.2, 0.25) is 10.0 Å². The molecule has 0 bridgehead atoms. The number of nitrogens with one attached hydrogen (secondary N) is 1. The summed E-state index contributed by atoms with van der Waals surface area (Å²) in [4.78, 5) is 4.58. The minimum atomic E-state index is -3.66. The summed E-state index contributed by atoms with van der Waals surface area (Å²) < 4.78 is 43.7. The largest absolute Gasteiger partial charge is 0.335 e. The van der Waals surface area contributed by atoms with Crippen molar-refractivity contribution in [3.8, 4) is 17.5 Å². The van der Waals surface area contributed by atoms with E-state index in [0.717, 1.165) is 43.0 Å². The number of sulfonamides is 1. The molecule has 166 valence electrons. The first-order valence-electron chi connectivity index (χ1n) is 11.0. The molecule has 1 atom stereocenters. The summed E-state index contributed by atoms with van der Waals surface area (Å²) in [6.45, 7) is 1.32. The summed E-state index contributed by atoms with van der Waals surface area (Å²) in [6.07, 6.45) is 6.52. The van der Waals surface area contributed by atoms with E-state index in [1.54, 1.807) is 30.3 Å². The molecular formula is C24H25FN4O2S. The molecule has 2 heterocycles. The second kappa shape index (κ2) is 7.98. The minimum Gasteiger partial charge on any atom is -0.335 e. The van der Waals surface area contributed by atoms with Crippen molar-refractivity contribution in [2.24, 2.45) is 5.92 Å². The number of hydrogen-bond acceptors (Lipinski definition) is 4. The number of aromatic nitrogens is 2. The highest BCUT2D eigenvalue weighted by Gasteiger charge is 2.32. The van der Waals surface area contributed by atoms with Gasteiger partial charge in [-0.25, -0.2) is 17.5 Å². The molecule has 2 saturated carbocycles. The maximum atomic E-state index is 13.3. The molecule has 5 rings (SSSR count). The second-order valence-electron chi connectivity index (χ2n) is 8.90. The Labute approximate surface area is 187 Å². The molecule has 32 heavy (non-hydrogen) atoms. The fourth-order valence-electron chi connectivity index (χ4n) is 4.51. The van der Waals surface area contributed by atoms with E-state index in [1.807, 2.05) is 6.92 Å².